The van der Waals surface area contributed by atoms with Crippen molar-refractivity contribution in [2.45, 2.75) is 13.0 Å². The summed E-state index contributed by atoms with van der Waals surface area (Å²) in [5.41, 5.74) is 1.20. The molecule has 3 aromatic rings. The van der Waals surface area contributed by atoms with E-state index in [0.717, 1.165) is 0 Å². The lowest BCUT2D eigenvalue weighted by molar-refractivity contribution is -0.123. The third kappa shape index (κ3) is 4.39. The van der Waals surface area contributed by atoms with Gasteiger partial charge in [-0.15, -0.1) is 0 Å². The van der Waals surface area contributed by atoms with Crippen LogP contribution in [0.15, 0.2) is 77.4 Å². The molecule has 1 amide bonds. The van der Waals surface area contributed by atoms with Crippen molar-refractivity contribution in [2.24, 2.45) is 0 Å². The lowest BCUT2D eigenvalue weighted by atomic mass is 10.0. The summed E-state index contributed by atoms with van der Waals surface area (Å²) < 4.78 is 10.7. The molecule has 1 aromatic heterocycles. The molecule has 5 nitrogen and oxygen atoms in total. The first-order valence-electron chi connectivity index (χ1n) is 8.29. The van der Waals surface area contributed by atoms with Gasteiger partial charge in [-0.3, -0.25) is 9.59 Å². The van der Waals surface area contributed by atoms with E-state index in [9.17, 15) is 9.59 Å². The van der Waals surface area contributed by atoms with Crippen LogP contribution in [0.5, 0.6) is 5.75 Å². The highest BCUT2D eigenvalue weighted by Crippen LogP contribution is 2.16. The first-order chi connectivity index (χ1) is 12.6. The number of ketones is 1. The van der Waals surface area contributed by atoms with Gasteiger partial charge in [-0.1, -0.05) is 30.3 Å². The van der Waals surface area contributed by atoms with Crippen LogP contribution in [0, 0.1) is 0 Å². The lowest BCUT2D eigenvalue weighted by Crippen LogP contribution is -2.31. The average molecular weight is 349 g/mol. The van der Waals surface area contributed by atoms with Gasteiger partial charge in [-0.25, -0.2) is 0 Å². The molecule has 1 N–H and O–H groups in total. The van der Waals surface area contributed by atoms with Gasteiger partial charge in [-0.2, -0.15) is 0 Å². The number of carbonyl (C=O) groups is 2. The topological polar surface area (TPSA) is 68.5 Å². The Kier molecular flexibility index (Phi) is 5.49. The molecule has 0 aliphatic rings. The first kappa shape index (κ1) is 17.5. The molecule has 0 saturated carbocycles. The molecule has 0 radical (unpaired) electrons. The zero-order chi connectivity index (χ0) is 18.4. The molecule has 2 aromatic carbocycles. The number of carbonyl (C=O) groups excluding carboxylic acids is 2. The van der Waals surface area contributed by atoms with E-state index in [1.165, 1.54) is 0 Å². The van der Waals surface area contributed by atoms with Crippen LogP contribution in [0.1, 0.15) is 34.6 Å². The molecule has 0 spiro atoms. The molecule has 1 heterocycles. The highest BCUT2D eigenvalue weighted by molar-refractivity contribution is 6.08. The van der Waals surface area contributed by atoms with E-state index in [4.69, 9.17) is 9.15 Å². The quantitative estimate of drug-likeness (QED) is 0.659. The average Bonchev–Trinajstić information content (AvgIpc) is 3.22. The second kappa shape index (κ2) is 8.16. The van der Waals surface area contributed by atoms with E-state index in [-0.39, 0.29) is 24.3 Å². The Labute approximate surface area is 151 Å². The summed E-state index contributed by atoms with van der Waals surface area (Å²) in [6.45, 7) is 1.72. The second-order valence-corrected chi connectivity index (χ2v) is 5.81. The van der Waals surface area contributed by atoms with Crippen LogP contribution < -0.4 is 10.1 Å². The van der Waals surface area contributed by atoms with Crippen LogP contribution in [-0.2, 0) is 4.79 Å². The second-order valence-electron chi connectivity index (χ2n) is 5.81. The molecular weight excluding hydrogens is 330 g/mol. The number of ether oxygens (including phenoxy) is 1. The number of hydrogen-bond acceptors (Lipinski definition) is 4. The molecule has 1 atom stereocenters. The molecule has 26 heavy (non-hydrogen) atoms. The number of hydrogen-bond donors (Lipinski definition) is 1. The van der Waals surface area contributed by atoms with Gasteiger partial charge in [0.2, 0.25) is 0 Å². The summed E-state index contributed by atoms with van der Waals surface area (Å²) in [6, 6.07) is 19.1. The van der Waals surface area contributed by atoms with Crippen molar-refractivity contribution in [3.05, 3.63) is 89.9 Å². The van der Waals surface area contributed by atoms with Gasteiger partial charge in [0, 0.05) is 11.1 Å². The van der Waals surface area contributed by atoms with Crippen LogP contribution in [0.3, 0.4) is 0 Å². The van der Waals surface area contributed by atoms with Gasteiger partial charge in [0.25, 0.3) is 5.91 Å². The Morgan fingerprint density at radius 1 is 0.962 bits per heavy atom. The number of rotatable bonds is 7. The maximum atomic E-state index is 12.3. The number of nitrogens with one attached hydrogen (secondary N) is 1. The fourth-order valence-electron chi connectivity index (χ4n) is 2.50. The third-order valence-corrected chi connectivity index (χ3v) is 3.87. The summed E-state index contributed by atoms with van der Waals surface area (Å²) in [5.74, 6) is 0.901. The predicted molar refractivity (Wildman–Crippen MR) is 97.1 cm³/mol. The predicted octanol–water partition coefficient (Wildman–Crippen LogP) is 3.77. The van der Waals surface area contributed by atoms with Crippen molar-refractivity contribution in [3.8, 4) is 5.75 Å². The maximum absolute atomic E-state index is 12.3. The van der Waals surface area contributed by atoms with Gasteiger partial charge in [0.15, 0.2) is 12.4 Å². The number of furan rings is 1. The molecule has 0 aliphatic heterocycles. The smallest absolute Gasteiger partial charge is 0.258 e. The zero-order valence-corrected chi connectivity index (χ0v) is 14.3. The van der Waals surface area contributed by atoms with Crippen LogP contribution in [-0.4, -0.2) is 18.3 Å². The first-order valence-corrected chi connectivity index (χ1v) is 8.29. The molecule has 5 heteroatoms. The van der Waals surface area contributed by atoms with Crippen LogP contribution in [0.2, 0.25) is 0 Å². The summed E-state index contributed by atoms with van der Waals surface area (Å²) in [7, 11) is 0. The van der Waals surface area contributed by atoms with Crippen LogP contribution in [0.4, 0.5) is 0 Å². The Bertz CT molecular complexity index is 855. The van der Waals surface area contributed by atoms with E-state index >= 15 is 0 Å². The molecule has 0 aliphatic carbocycles. The van der Waals surface area contributed by atoms with Gasteiger partial charge in [-0.05, 0) is 43.3 Å². The van der Waals surface area contributed by atoms with Gasteiger partial charge < -0.3 is 14.5 Å². The van der Waals surface area contributed by atoms with E-state index in [1.807, 2.05) is 25.1 Å². The Morgan fingerprint density at radius 2 is 1.65 bits per heavy atom. The monoisotopic (exact) mass is 349 g/mol. The van der Waals surface area contributed by atoms with Crippen LogP contribution in [0.25, 0.3) is 0 Å². The Hall–Kier alpha value is -3.34. The largest absolute Gasteiger partial charge is 0.484 e. The fraction of sp³-hybridized carbons (Fsp3) is 0.143. The van der Waals surface area contributed by atoms with Crippen LogP contribution >= 0.6 is 0 Å². The molecule has 132 valence electrons. The molecular formula is C21H19NO4. The maximum Gasteiger partial charge on any atom is 0.258 e. The van der Waals surface area contributed by atoms with Crippen molar-refractivity contribution in [3.63, 3.8) is 0 Å². The summed E-state index contributed by atoms with van der Waals surface area (Å²) in [6.07, 6.45) is 1.56. The van der Waals surface area contributed by atoms with E-state index in [1.54, 1.807) is 54.8 Å². The normalized spacial score (nSPS) is 11.6. The molecule has 1 unspecified atom stereocenters. The minimum Gasteiger partial charge on any atom is -0.484 e. The minimum absolute atomic E-state index is 0.0536. The van der Waals surface area contributed by atoms with Crippen molar-refractivity contribution in [1.82, 2.24) is 5.32 Å². The van der Waals surface area contributed by atoms with E-state index < -0.39 is 0 Å². The van der Waals surface area contributed by atoms with E-state index in [0.29, 0.717) is 22.6 Å². The van der Waals surface area contributed by atoms with Crippen molar-refractivity contribution in [1.29, 1.82) is 0 Å². The highest BCUT2D eigenvalue weighted by atomic mass is 16.5. The summed E-state index contributed by atoms with van der Waals surface area (Å²) in [5, 5.41) is 2.79. The molecule has 0 saturated heterocycles. The fourth-order valence-corrected chi connectivity index (χ4v) is 2.50. The van der Waals surface area contributed by atoms with Gasteiger partial charge >= 0.3 is 0 Å². The van der Waals surface area contributed by atoms with E-state index in [2.05, 4.69) is 5.32 Å². The number of amides is 1. The Balaban J connectivity index is 1.53. The molecule has 3 rings (SSSR count). The van der Waals surface area contributed by atoms with Crippen molar-refractivity contribution >= 4 is 11.7 Å². The summed E-state index contributed by atoms with van der Waals surface area (Å²) >= 11 is 0. The highest BCUT2D eigenvalue weighted by Gasteiger charge is 2.12. The standard InChI is InChI=1S/C21H19NO4/c1-15(19-8-5-13-25-19)22-20(23)14-26-18-11-9-17(10-12-18)21(24)16-6-3-2-4-7-16/h2-13,15H,14H2,1H3,(H,22,23). The van der Waals surface area contributed by atoms with Crippen molar-refractivity contribution in [2.75, 3.05) is 6.61 Å². The third-order valence-electron chi connectivity index (χ3n) is 3.87. The summed E-state index contributed by atoms with van der Waals surface area (Å²) in [4.78, 5) is 24.3. The SMILES string of the molecule is CC(NC(=O)COc1ccc(C(=O)c2ccccc2)cc1)c1ccco1. The lowest BCUT2D eigenvalue weighted by Gasteiger charge is -2.12. The Morgan fingerprint density at radius 3 is 2.31 bits per heavy atom. The van der Waals surface area contributed by atoms with Crippen molar-refractivity contribution < 1.29 is 18.7 Å². The van der Waals surface area contributed by atoms with Gasteiger partial charge in [0.05, 0.1) is 12.3 Å². The zero-order valence-electron chi connectivity index (χ0n) is 14.3. The molecule has 0 fully saturated rings. The number of benzene rings is 2. The molecule has 0 bridgehead atoms. The van der Waals surface area contributed by atoms with Gasteiger partial charge in [0.1, 0.15) is 11.5 Å². The minimum atomic E-state index is -0.252.